The smallest absolute Gasteiger partial charge is 0.160 e. The van der Waals surface area contributed by atoms with Crippen molar-refractivity contribution in [2.24, 2.45) is 0 Å². The molecule has 6 heteroatoms. The number of hydrogen-bond acceptors (Lipinski definition) is 6. The normalized spacial score (nSPS) is 10.9. The summed E-state index contributed by atoms with van der Waals surface area (Å²) >= 11 is 0. The van der Waals surface area contributed by atoms with E-state index >= 15 is 0 Å². The molecule has 3 aromatic carbocycles. The maximum Gasteiger partial charge on any atom is 0.160 e. The van der Waals surface area contributed by atoms with Crippen LogP contribution in [0.3, 0.4) is 0 Å². The molecule has 8 rings (SSSR count). The molecule has 48 heavy (non-hydrogen) atoms. The lowest BCUT2D eigenvalue weighted by atomic mass is 9.99. The van der Waals surface area contributed by atoms with Crippen molar-refractivity contribution in [2.75, 3.05) is 0 Å². The topological polar surface area (TPSA) is 77.3 Å². The third-order valence-corrected chi connectivity index (χ3v) is 8.08. The second-order valence-corrected chi connectivity index (χ2v) is 11.3. The van der Waals surface area contributed by atoms with Crippen LogP contribution in [0.1, 0.15) is 0 Å². The molecule has 0 bridgehead atoms. The molecule has 0 fully saturated rings. The first kappa shape index (κ1) is 28.8. The molecular weight excluding hydrogens is 589 g/mol. The Labute approximate surface area is 278 Å². The zero-order valence-electron chi connectivity index (χ0n) is 25.8. The molecule has 8 aromatic rings. The van der Waals surface area contributed by atoms with Gasteiger partial charge >= 0.3 is 0 Å². The standard InChI is InChI=1S/C42H28N6/c1-5-19-43-36(15-1)29-11-9-13-31(23-29)40-28-41(32-14-10-12-30(24-32)37-16-2-6-20-44-37)48-42(47-40)35-26-33(38-17-3-7-21-45-38)25-34(27-35)39-18-4-8-22-46-39/h1-28H. The number of nitrogens with zero attached hydrogens (tertiary/aromatic N) is 6. The van der Waals surface area contributed by atoms with Crippen LogP contribution in [0, 0.1) is 0 Å². The Morgan fingerprint density at radius 1 is 0.250 bits per heavy atom. The molecule has 5 heterocycles. The summed E-state index contributed by atoms with van der Waals surface area (Å²) in [7, 11) is 0. The summed E-state index contributed by atoms with van der Waals surface area (Å²) in [5.74, 6) is 0.601. The van der Waals surface area contributed by atoms with Crippen molar-refractivity contribution in [3.05, 3.63) is 170 Å². The van der Waals surface area contributed by atoms with Crippen LogP contribution in [-0.2, 0) is 0 Å². The third-order valence-electron chi connectivity index (χ3n) is 8.08. The summed E-state index contributed by atoms with van der Waals surface area (Å²) in [4.78, 5) is 28.9. The van der Waals surface area contributed by atoms with E-state index in [0.29, 0.717) is 5.82 Å². The molecule has 0 saturated heterocycles. The Morgan fingerprint density at radius 3 is 0.958 bits per heavy atom. The van der Waals surface area contributed by atoms with Crippen molar-refractivity contribution in [2.45, 2.75) is 0 Å². The first-order valence-corrected chi connectivity index (χ1v) is 15.7. The second kappa shape index (κ2) is 13.0. The Bertz CT molecular complexity index is 2170. The lowest BCUT2D eigenvalue weighted by molar-refractivity contribution is 1.18. The molecule has 0 N–H and O–H groups in total. The highest BCUT2D eigenvalue weighted by Crippen LogP contribution is 2.34. The van der Waals surface area contributed by atoms with E-state index in [4.69, 9.17) is 9.97 Å². The lowest BCUT2D eigenvalue weighted by Crippen LogP contribution is -1.98. The Morgan fingerprint density at radius 2 is 0.583 bits per heavy atom. The van der Waals surface area contributed by atoms with Gasteiger partial charge < -0.3 is 0 Å². The average molecular weight is 617 g/mol. The highest BCUT2D eigenvalue weighted by molar-refractivity contribution is 5.80. The molecule has 226 valence electrons. The molecular formula is C42H28N6. The Hall–Kier alpha value is -6.66. The van der Waals surface area contributed by atoms with E-state index < -0.39 is 0 Å². The second-order valence-electron chi connectivity index (χ2n) is 11.3. The molecule has 0 aliphatic carbocycles. The molecule has 5 aromatic heterocycles. The number of benzene rings is 3. The highest BCUT2D eigenvalue weighted by atomic mass is 14.9. The van der Waals surface area contributed by atoms with Crippen LogP contribution < -0.4 is 0 Å². The van der Waals surface area contributed by atoms with Crippen LogP contribution in [0.25, 0.3) is 78.9 Å². The highest BCUT2D eigenvalue weighted by Gasteiger charge is 2.15. The van der Waals surface area contributed by atoms with Crippen molar-refractivity contribution in [1.29, 1.82) is 0 Å². The predicted molar refractivity (Wildman–Crippen MR) is 191 cm³/mol. The fourth-order valence-electron chi connectivity index (χ4n) is 5.73. The van der Waals surface area contributed by atoms with Crippen LogP contribution in [0.4, 0.5) is 0 Å². The maximum atomic E-state index is 5.20. The summed E-state index contributed by atoms with van der Waals surface area (Å²) in [5, 5.41) is 0. The third kappa shape index (κ3) is 6.10. The van der Waals surface area contributed by atoms with Gasteiger partial charge in [0.1, 0.15) is 0 Å². The molecule has 0 spiro atoms. The summed E-state index contributed by atoms with van der Waals surface area (Å²) < 4.78 is 0. The zero-order chi connectivity index (χ0) is 32.1. The van der Waals surface area contributed by atoms with Crippen LogP contribution in [0.5, 0.6) is 0 Å². The molecule has 0 radical (unpaired) electrons. The fraction of sp³-hybridized carbons (Fsp3) is 0. The van der Waals surface area contributed by atoms with E-state index in [2.05, 4.69) is 80.6 Å². The van der Waals surface area contributed by atoms with Crippen molar-refractivity contribution in [3.63, 3.8) is 0 Å². The molecule has 0 unspecified atom stereocenters. The molecule has 0 atom stereocenters. The van der Waals surface area contributed by atoms with Crippen LogP contribution >= 0.6 is 0 Å². The molecule has 0 aliphatic heterocycles. The first-order chi connectivity index (χ1) is 23.8. The minimum Gasteiger partial charge on any atom is -0.256 e. The summed E-state index contributed by atoms with van der Waals surface area (Å²) in [6.45, 7) is 0. The number of pyridine rings is 4. The van der Waals surface area contributed by atoms with Crippen molar-refractivity contribution < 1.29 is 0 Å². The molecule has 0 saturated carbocycles. The largest absolute Gasteiger partial charge is 0.256 e. The fourth-order valence-corrected chi connectivity index (χ4v) is 5.73. The molecule has 0 amide bonds. The Kier molecular flexibility index (Phi) is 7.79. The number of rotatable bonds is 7. The van der Waals surface area contributed by atoms with Gasteiger partial charge in [0, 0.05) is 63.7 Å². The van der Waals surface area contributed by atoms with Gasteiger partial charge in [-0.3, -0.25) is 19.9 Å². The summed E-state index contributed by atoms with van der Waals surface area (Å²) in [6.07, 6.45) is 7.23. The zero-order valence-corrected chi connectivity index (χ0v) is 25.8. The quantitative estimate of drug-likeness (QED) is 0.177. The van der Waals surface area contributed by atoms with Crippen LogP contribution in [0.2, 0.25) is 0 Å². The van der Waals surface area contributed by atoms with Gasteiger partial charge in [0.05, 0.1) is 34.2 Å². The van der Waals surface area contributed by atoms with Gasteiger partial charge in [-0.1, -0.05) is 60.7 Å². The predicted octanol–water partition coefficient (Wildman–Crippen LogP) is 9.73. The van der Waals surface area contributed by atoms with E-state index in [1.165, 1.54) is 0 Å². The van der Waals surface area contributed by atoms with Crippen LogP contribution in [0.15, 0.2) is 170 Å². The number of aromatic nitrogens is 6. The monoisotopic (exact) mass is 616 g/mol. The van der Waals surface area contributed by atoms with E-state index in [-0.39, 0.29) is 0 Å². The summed E-state index contributed by atoms with van der Waals surface area (Å²) in [5.41, 5.74) is 11.9. The minimum atomic E-state index is 0.601. The van der Waals surface area contributed by atoms with Crippen LogP contribution in [-0.4, -0.2) is 29.9 Å². The van der Waals surface area contributed by atoms with Gasteiger partial charge in [-0.05, 0) is 84.9 Å². The minimum absolute atomic E-state index is 0.601. The van der Waals surface area contributed by atoms with Gasteiger partial charge in [-0.2, -0.15) is 0 Å². The van der Waals surface area contributed by atoms with Gasteiger partial charge in [0.15, 0.2) is 5.82 Å². The maximum absolute atomic E-state index is 5.20. The summed E-state index contributed by atoms with van der Waals surface area (Å²) in [6, 6.07) is 48.8. The molecule has 6 nitrogen and oxygen atoms in total. The van der Waals surface area contributed by atoms with Crippen molar-refractivity contribution in [3.8, 4) is 78.9 Å². The van der Waals surface area contributed by atoms with Gasteiger partial charge in [-0.25, -0.2) is 9.97 Å². The molecule has 0 aliphatic rings. The lowest BCUT2D eigenvalue weighted by Gasteiger charge is -2.13. The van der Waals surface area contributed by atoms with E-state index in [9.17, 15) is 0 Å². The first-order valence-electron chi connectivity index (χ1n) is 15.7. The van der Waals surface area contributed by atoms with E-state index in [0.717, 1.165) is 73.1 Å². The number of hydrogen-bond donors (Lipinski definition) is 0. The average Bonchev–Trinajstić information content (AvgIpc) is 3.19. The van der Waals surface area contributed by atoms with E-state index in [1.807, 2.05) is 97.3 Å². The van der Waals surface area contributed by atoms with Gasteiger partial charge in [0.25, 0.3) is 0 Å². The van der Waals surface area contributed by atoms with Gasteiger partial charge in [-0.15, -0.1) is 0 Å². The SMILES string of the molecule is c1ccc(-c2cccc(-c3cc(-c4cccc(-c5ccccn5)c4)nc(-c4cc(-c5ccccn5)cc(-c5ccccn5)c4)n3)c2)nc1. The van der Waals surface area contributed by atoms with Gasteiger partial charge in [0.2, 0.25) is 0 Å². The van der Waals surface area contributed by atoms with E-state index in [1.54, 1.807) is 12.4 Å². The van der Waals surface area contributed by atoms with Crippen molar-refractivity contribution >= 4 is 0 Å². The van der Waals surface area contributed by atoms with Crippen molar-refractivity contribution in [1.82, 2.24) is 29.9 Å². The Balaban J connectivity index is 1.33.